The summed E-state index contributed by atoms with van der Waals surface area (Å²) >= 11 is 0. The van der Waals surface area contributed by atoms with Crippen LogP contribution in [-0.2, 0) is 0 Å². The molecule has 0 fully saturated rings. The predicted molar refractivity (Wildman–Crippen MR) is 95.0 cm³/mol. The third-order valence-electron chi connectivity index (χ3n) is 3.88. The van der Waals surface area contributed by atoms with E-state index in [0.717, 1.165) is 5.69 Å². The topological polar surface area (TPSA) is 64.7 Å². The summed E-state index contributed by atoms with van der Waals surface area (Å²) in [5.41, 5.74) is 1.19. The SMILES string of the molecule is O=C(Nc1cc(-n2cccc2)ccc1F)c1ccc(-n2ccnc2)nc1. The van der Waals surface area contributed by atoms with Gasteiger partial charge in [-0.3, -0.25) is 9.36 Å². The molecule has 0 saturated heterocycles. The highest BCUT2D eigenvalue weighted by molar-refractivity contribution is 6.04. The lowest BCUT2D eigenvalue weighted by molar-refractivity contribution is 0.102. The third kappa shape index (κ3) is 3.10. The van der Waals surface area contributed by atoms with E-state index in [1.807, 2.05) is 29.1 Å². The predicted octanol–water partition coefficient (Wildman–Crippen LogP) is 3.45. The van der Waals surface area contributed by atoms with E-state index in [4.69, 9.17) is 0 Å². The number of aromatic nitrogens is 4. The molecule has 1 N–H and O–H groups in total. The van der Waals surface area contributed by atoms with Crippen LogP contribution in [0.5, 0.6) is 0 Å². The fourth-order valence-corrected chi connectivity index (χ4v) is 2.54. The van der Waals surface area contributed by atoms with Crippen LogP contribution in [-0.4, -0.2) is 25.0 Å². The fraction of sp³-hybridized carbons (Fsp3) is 0. The van der Waals surface area contributed by atoms with Gasteiger partial charge in [0.15, 0.2) is 0 Å². The molecule has 1 aromatic carbocycles. The molecule has 0 aliphatic heterocycles. The maximum atomic E-state index is 14.1. The van der Waals surface area contributed by atoms with Crippen molar-refractivity contribution in [3.63, 3.8) is 0 Å². The molecule has 0 spiro atoms. The second kappa shape index (κ2) is 6.64. The zero-order valence-corrected chi connectivity index (χ0v) is 13.6. The Kier molecular flexibility index (Phi) is 4.03. The summed E-state index contributed by atoms with van der Waals surface area (Å²) in [6, 6.07) is 11.6. The summed E-state index contributed by atoms with van der Waals surface area (Å²) in [4.78, 5) is 20.6. The smallest absolute Gasteiger partial charge is 0.257 e. The number of benzene rings is 1. The summed E-state index contributed by atoms with van der Waals surface area (Å²) in [5, 5.41) is 2.60. The molecule has 0 atom stereocenters. The molecular weight excluding hydrogens is 333 g/mol. The van der Waals surface area contributed by atoms with E-state index in [1.165, 1.54) is 12.3 Å². The number of halogens is 1. The first-order valence-electron chi connectivity index (χ1n) is 7.89. The van der Waals surface area contributed by atoms with Gasteiger partial charge in [-0.05, 0) is 42.5 Å². The molecule has 0 radical (unpaired) electrons. The molecule has 0 aliphatic rings. The van der Waals surface area contributed by atoms with Gasteiger partial charge in [0.05, 0.1) is 11.3 Å². The van der Waals surface area contributed by atoms with Crippen LogP contribution < -0.4 is 5.32 Å². The average Bonchev–Trinajstić information content (AvgIpc) is 3.38. The minimum Gasteiger partial charge on any atom is -0.324 e. The number of amides is 1. The van der Waals surface area contributed by atoms with E-state index in [9.17, 15) is 9.18 Å². The highest BCUT2D eigenvalue weighted by Gasteiger charge is 2.11. The second-order valence-electron chi connectivity index (χ2n) is 5.58. The zero-order chi connectivity index (χ0) is 17.9. The Balaban J connectivity index is 1.55. The second-order valence-corrected chi connectivity index (χ2v) is 5.58. The van der Waals surface area contributed by atoms with E-state index in [0.29, 0.717) is 11.4 Å². The Hall–Kier alpha value is -3.74. The molecule has 4 rings (SSSR count). The molecule has 26 heavy (non-hydrogen) atoms. The van der Waals surface area contributed by atoms with Crippen LogP contribution >= 0.6 is 0 Å². The van der Waals surface area contributed by atoms with Crippen molar-refractivity contribution in [2.75, 3.05) is 5.32 Å². The maximum Gasteiger partial charge on any atom is 0.257 e. The molecule has 4 aromatic rings. The first kappa shape index (κ1) is 15.8. The zero-order valence-electron chi connectivity index (χ0n) is 13.6. The highest BCUT2D eigenvalue weighted by Crippen LogP contribution is 2.20. The van der Waals surface area contributed by atoms with E-state index in [-0.39, 0.29) is 5.69 Å². The summed E-state index contributed by atoms with van der Waals surface area (Å²) in [6.07, 6.45) is 10.1. The Morgan fingerprint density at radius 1 is 1.04 bits per heavy atom. The number of nitrogens with one attached hydrogen (secondary N) is 1. The molecular formula is C19H14FN5O. The normalized spacial score (nSPS) is 10.7. The lowest BCUT2D eigenvalue weighted by Crippen LogP contribution is -2.14. The Labute approximate surface area is 148 Å². The number of imidazole rings is 1. The van der Waals surface area contributed by atoms with Crippen molar-refractivity contribution in [1.29, 1.82) is 0 Å². The van der Waals surface area contributed by atoms with Gasteiger partial charge in [-0.1, -0.05) is 0 Å². The van der Waals surface area contributed by atoms with Crippen molar-refractivity contribution in [1.82, 2.24) is 19.1 Å². The Morgan fingerprint density at radius 2 is 1.88 bits per heavy atom. The quantitative estimate of drug-likeness (QED) is 0.615. The first-order valence-corrected chi connectivity index (χ1v) is 7.89. The van der Waals surface area contributed by atoms with Gasteiger partial charge in [-0.2, -0.15) is 0 Å². The van der Waals surface area contributed by atoms with Gasteiger partial charge >= 0.3 is 0 Å². The number of hydrogen-bond donors (Lipinski definition) is 1. The number of nitrogens with zero attached hydrogens (tertiary/aromatic N) is 4. The standard InChI is InChI=1S/C19H14FN5O/c20-16-5-4-15(24-8-1-2-9-24)11-17(16)23-19(26)14-3-6-18(22-12-14)25-10-7-21-13-25/h1-13H,(H,23,26). The first-order chi connectivity index (χ1) is 12.7. The fourth-order valence-electron chi connectivity index (χ4n) is 2.54. The van der Waals surface area contributed by atoms with Crippen molar-refractivity contribution >= 4 is 11.6 Å². The van der Waals surface area contributed by atoms with Gasteiger partial charge in [-0.15, -0.1) is 0 Å². The van der Waals surface area contributed by atoms with Crippen LogP contribution in [0, 0.1) is 5.82 Å². The third-order valence-corrected chi connectivity index (χ3v) is 3.88. The van der Waals surface area contributed by atoms with Crippen LogP contribution in [0.15, 0.2) is 79.8 Å². The molecule has 6 nitrogen and oxygen atoms in total. The maximum absolute atomic E-state index is 14.1. The summed E-state index contributed by atoms with van der Waals surface area (Å²) < 4.78 is 17.6. The number of hydrogen-bond acceptors (Lipinski definition) is 3. The van der Waals surface area contributed by atoms with Crippen LogP contribution in [0.3, 0.4) is 0 Å². The number of anilines is 1. The number of pyridine rings is 1. The molecule has 7 heteroatoms. The van der Waals surface area contributed by atoms with Gasteiger partial charge in [0, 0.05) is 36.7 Å². The number of carbonyl (C=O) groups excluding carboxylic acids is 1. The monoisotopic (exact) mass is 347 g/mol. The van der Waals surface area contributed by atoms with Crippen LogP contribution in [0.25, 0.3) is 11.5 Å². The Morgan fingerprint density at radius 3 is 2.58 bits per heavy atom. The van der Waals surface area contributed by atoms with E-state index < -0.39 is 11.7 Å². The van der Waals surface area contributed by atoms with Gasteiger partial charge < -0.3 is 9.88 Å². The minimum atomic E-state index is -0.503. The summed E-state index contributed by atoms with van der Waals surface area (Å²) in [6.45, 7) is 0. The van der Waals surface area contributed by atoms with E-state index in [1.54, 1.807) is 47.6 Å². The lowest BCUT2D eigenvalue weighted by atomic mass is 10.2. The molecule has 0 saturated carbocycles. The van der Waals surface area contributed by atoms with Crippen molar-refractivity contribution in [2.24, 2.45) is 0 Å². The van der Waals surface area contributed by atoms with Gasteiger partial charge in [-0.25, -0.2) is 14.4 Å². The van der Waals surface area contributed by atoms with Crippen molar-refractivity contribution < 1.29 is 9.18 Å². The van der Waals surface area contributed by atoms with E-state index >= 15 is 0 Å². The van der Waals surface area contributed by atoms with Crippen LogP contribution in [0.4, 0.5) is 10.1 Å². The van der Waals surface area contributed by atoms with Crippen molar-refractivity contribution in [3.05, 3.63) is 91.2 Å². The van der Waals surface area contributed by atoms with Crippen LogP contribution in [0.1, 0.15) is 10.4 Å². The van der Waals surface area contributed by atoms with E-state index in [2.05, 4.69) is 15.3 Å². The summed E-state index contributed by atoms with van der Waals surface area (Å²) in [5.74, 6) is -0.296. The molecule has 0 bridgehead atoms. The lowest BCUT2D eigenvalue weighted by Gasteiger charge is -2.10. The molecule has 0 aliphatic carbocycles. The highest BCUT2D eigenvalue weighted by atomic mass is 19.1. The van der Waals surface area contributed by atoms with Crippen molar-refractivity contribution in [2.45, 2.75) is 0 Å². The van der Waals surface area contributed by atoms with Gasteiger partial charge in [0.25, 0.3) is 5.91 Å². The van der Waals surface area contributed by atoms with Crippen molar-refractivity contribution in [3.8, 4) is 11.5 Å². The molecule has 1 amide bonds. The van der Waals surface area contributed by atoms with Gasteiger partial charge in [0.2, 0.25) is 0 Å². The molecule has 3 heterocycles. The Bertz CT molecular complexity index is 1020. The molecule has 0 unspecified atom stereocenters. The van der Waals surface area contributed by atoms with Gasteiger partial charge in [0.1, 0.15) is 18.0 Å². The van der Waals surface area contributed by atoms with Crippen LogP contribution in [0.2, 0.25) is 0 Å². The summed E-state index contributed by atoms with van der Waals surface area (Å²) in [7, 11) is 0. The molecule has 128 valence electrons. The number of carbonyl (C=O) groups is 1. The number of rotatable bonds is 4. The molecule has 3 aromatic heterocycles. The average molecular weight is 347 g/mol. The largest absolute Gasteiger partial charge is 0.324 e. The minimum absolute atomic E-state index is 0.111.